The van der Waals surface area contributed by atoms with Crippen LogP contribution in [0, 0.1) is 17.7 Å². The first kappa shape index (κ1) is 19.5. The molecule has 2 saturated heterocycles. The monoisotopic (exact) mass is 411 g/mol. The van der Waals surface area contributed by atoms with Gasteiger partial charge in [-0.25, -0.2) is 9.18 Å². The van der Waals surface area contributed by atoms with Crippen LogP contribution < -0.4 is 10.2 Å². The van der Waals surface area contributed by atoms with Crippen molar-refractivity contribution < 1.29 is 32.3 Å². The first-order valence-electron chi connectivity index (χ1n) is 9.35. The molecule has 7 nitrogen and oxygen atoms in total. The van der Waals surface area contributed by atoms with Gasteiger partial charge in [-0.05, 0) is 35.4 Å². The van der Waals surface area contributed by atoms with Gasteiger partial charge < -0.3 is 15.0 Å². The average Bonchev–Trinajstić information content (AvgIpc) is 3.00. The number of cyclic esters (lactones) is 1. The van der Waals surface area contributed by atoms with E-state index < -0.39 is 30.3 Å². The molecule has 1 unspecified atom stereocenters. The van der Waals surface area contributed by atoms with E-state index in [0.29, 0.717) is 11.3 Å². The van der Waals surface area contributed by atoms with Crippen molar-refractivity contribution >= 4 is 23.6 Å². The quantitative estimate of drug-likeness (QED) is 0.801. The summed E-state index contributed by atoms with van der Waals surface area (Å²) in [6.45, 7) is 2.15. The highest BCUT2D eigenvalue weighted by Gasteiger charge is 2.58. The van der Waals surface area contributed by atoms with Crippen molar-refractivity contribution in [3.63, 3.8) is 0 Å². The Bertz CT molecular complexity index is 853. The van der Waals surface area contributed by atoms with Crippen molar-refractivity contribution in [2.45, 2.75) is 25.4 Å². The third-order valence-corrected chi connectivity index (χ3v) is 5.80. The molecule has 4 atom stereocenters. The Morgan fingerprint density at radius 3 is 2.52 bits per heavy atom. The van der Waals surface area contributed by atoms with Crippen molar-refractivity contribution in [2.24, 2.45) is 11.8 Å². The number of carbonyl (C=O) groups excluding carboxylic acids is 3. The molecule has 1 N–H and O–H groups in total. The van der Waals surface area contributed by atoms with E-state index in [-0.39, 0.29) is 49.8 Å². The van der Waals surface area contributed by atoms with E-state index in [9.17, 15) is 27.6 Å². The van der Waals surface area contributed by atoms with Gasteiger partial charge in [-0.3, -0.25) is 14.5 Å². The summed E-state index contributed by atoms with van der Waals surface area (Å²) in [5.41, 5.74) is 0.817. The van der Waals surface area contributed by atoms with Gasteiger partial charge in [0.05, 0.1) is 18.8 Å². The van der Waals surface area contributed by atoms with Crippen LogP contribution in [-0.2, 0) is 14.3 Å². The number of rotatable bonds is 5. The Kier molecular flexibility index (Phi) is 4.87. The molecule has 1 aliphatic carbocycles. The Labute approximate surface area is 164 Å². The third kappa shape index (κ3) is 3.63. The highest BCUT2D eigenvalue weighted by Crippen LogP contribution is 2.58. The zero-order valence-electron chi connectivity index (χ0n) is 15.6. The van der Waals surface area contributed by atoms with Gasteiger partial charge in [-0.1, -0.05) is 6.07 Å². The fourth-order valence-electron chi connectivity index (χ4n) is 4.36. The van der Waals surface area contributed by atoms with E-state index in [1.807, 2.05) is 0 Å². The van der Waals surface area contributed by atoms with Crippen molar-refractivity contribution in [1.82, 2.24) is 10.2 Å². The van der Waals surface area contributed by atoms with Crippen LogP contribution in [0.5, 0.6) is 0 Å². The van der Waals surface area contributed by atoms with E-state index in [4.69, 9.17) is 4.74 Å². The van der Waals surface area contributed by atoms with Crippen molar-refractivity contribution in [3.05, 3.63) is 29.6 Å². The highest BCUT2D eigenvalue weighted by molar-refractivity contribution is 5.90. The summed E-state index contributed by atoms with van der Waals surface area (Å²) >= 11 is 0. The maximum atomic E-state index is 14.7. The Morgan fingerprint density at radius 1 is 1.24 bits per heavy atom. The maximum absolute atomic E-state index is 14.7. The zero-order valence-corrected chi connectivity index (χ0v) is 15.6. The number of piperidine rings is 1. The number of likely N-dealkylation sites (tertiary alicyclic amines) is 1. The second kappa shape index (κ2) is 7.23. The minimum Gasteiger partial charge on any atom is -0.442 e. The number of alkyl halides is 2. The number of nitrogens with zero attached hydrogens (tertiary/aromatic N) is 2. The predicted octanol–water partition coefficient (Wildman–Crippen LogP) is 1.72. The van der Waals surface area contributed by atoms with Gasteiger partial charge in [-0.2, -0.15) is 8.78 Å². The molecule has 1 aromatic carbocycles. The number of ether oxygens (including phenoxy) is 1. The highest BCUT2D eigenvalue weighted by atomic mass is 19.3. The largest absolute Gasteiger partial charge is 0.442 e. The number of hydrogen-bond acceptors (Lipinski definition) is 4. The average molecular weight is 411 g/mol. The van der Waals surface area contributed by atoms with Gasteiger partial charge in [0.15, 0.2) is 0 Å². The van der Waals surface area contributed by atoms with E-state index in [0.717, 1.165) is 4.90 Å². The number of halogens is 3. The number of hydrogen-bond donors (Lipinski definition) is 1. The molecule has 156 valence electrons. The molecule has 1 aromatic rings. The van der Waals surface area contributed by atoms with Crippen LogP contribution in [0.3, 0.4) is 0 Å². The molecule has 3 amide bonds. The van der Waals surface area contributed by atoms with Gasteiger partial charge in [-0.15, -0.1) is 0 Å². The van der Waals surface area contributed by atoms with Crippen LogP contribution in [-0.4, -0.2) is 61.5 Å². The molecule has 2 aliphatic heterocycles. The predicted molar refractivity (Wildman–Crippen MR) is 95.0 cm³/mol. The SMILES string of the molecule is CC(=O)NC[C@H]1CN(c2ccc(C3[C@H]4CN(C(=O)C(F)F)C[C@@H]34)c(F)c2)C(=O)O1. The topological polar surface area (TPSA) is 79.0 Å². The van der Waals surface area contributed by atoms with Gasteiger partial charge in [0.25, 0.3) is 5.91 Å². The number of nitrogens with one attached hydrogen (secondary N) is 1. The standard InChI is InChI=1S/C19H20F3N3O4/c1-9(26)23-5-11-6-25(19(28)29-11)10-2-3-12(15(20)4-10)16-13-7-24(8-14(13)16)18(27)17(21)22/h2-4,11,13-14,16-17H,5-8H2,1H3,(H,23,26)/t11-,13-,14+,16?/m0/s1. The molecule has 3 fully saturated rings. The summed E-state index contributed by atoms with van der Waals surface area (Å²) in [7, 11) is 0. The minimum atomic E-state index is -3.02. The molecule has 3 aliphatic rings. The van der Waals surface area contributed by atoms with Gasteiger partial charge in [0, 0.05) is 20.0 Å². The van der Waals surface area contributed by atoms with Crippen molar-refractivity contribution in [1.29, 1.82) is 0 Å². The molecule has 0 spiro atoms. The maximum Gasteiger partial charge on any atom is 0.414 e. The Balaban J connectivity index is 1.40. The summed E-state index contributed by atoms with van der Waals surface area (Å²) in [6, 6.07) is 4.48. The number of anilines is 1. The van der Waals surface area contributed by atoms with Crippen LogP contribution >= 0.6 is 0 Å². The number of benzene rings is 1. The number of amides is 3. The lowest BCUT2D eigenvalue weighted by atomic mass is 10.0. The second-order valence-electron chi connectivity index (χ2n) is 7.66. The summed E-state index contributed by atoms with van der Waals surface area (Å²) in [4.78, 5) is 36.9. The van der Waals surface area contributed by atoms with E-state index >= 15 is 0 Å². The molecule has 10 heteroatoms. The molecule has 0 radical (unpaired) electrons. The minimum absolute atomic E-state index is 0.0168. The normalized spacial score (nSPS) is 27.8. The second-order valence-corrected chi connectivity index (χ2v) is 7.66. The summed E-state index contributed by atoms with van der Waals surface area (Å²) in [6.07, 6.45) is -4.15. The van der Waals surface area contributed by atoms with Gasteiger partial charge in [0.2, 0.25) is 5.91 Å². The molecule has 1 saturated carbocycles. The fraction of sp³-hybridized carbons (Fsp3) is 0.526. The first-order valence-corrected chi connectivity index (χ1v) is 9.35. The summed E-state index contributed by atoms with van der Waals surface area (Å²) < 4.78 is 45.0. The molecule has 2 heterocycles. The Hall–Kier alpha value is -2.78. The molecule has 29 heavy (non-hydrogen) atoms. The van der Waals surface area contributed by atoms with E-state index in [1.165, 1.54) is 17.9 Å². The molecule has 0 bridgehead atoms. The van der Waals surface area contributed by atoms with E-state index in [1.54, 1.807) is 12.1 Å². The summed E-state index contributed by atoms with van der Waals surface area (Å²) in [5, 5.41) is 2.57. The molecule has 4 rings (SSSR count). The van der Waals surface area contributed by atoms with Crippen LogP contribution in [0.15, 0.2) is 18.2 Å². The van der Waals surface area contributed by atoms with Crippen LogP contribution in [0.2, 0.25) is 0 Å². The van der Waals surface area contributed by atoms with Crippen LogP contribution in [0.25, 0.3) is 0 Å². The third-order valence-electron chi connectivity index (χ3n) is 5.80. The van der Waals surface area contributed by atoms with Crippen LogP contribution in [0.4, 0.5) is 23.7 Å². The molecule has 0 aromatic heterocycles. The lowest BCUT2D eigenvalue weighted by Gasteiger charge is -2.20. The number of carbonyl (C=O) groups is 3. The van der Waals surface area contributed by atoms with Gasteiger partial charge >= 0.3 is 12.5 Å². The van der Waals surface area contributed by atoms with Crippen molar-refractivity contribution in [3.8, 4) is 0 Å². The Morgan fingerprint density at radius 2 is 1.93 bits per heavy atom. The number of fused-ring (bicyclic) bond motifs is 1. The van der Waals surface area contributed by atoms with Crippen LogP contribution in [0.1, 0.15) is 18.4 Å². The van der Waals surface area contributed by atoms with Gasteiger partial charge in [0.1, 0.15) is 11.9 Å². The van der Waals surface area contributed by atoms with Crippen molar-refractivity contribution in [2.75, 3.05) is 31.1 Å². The summed E-state index contributed by atoms with van der Waals surface area (Å²) in [5.74, 6) is -2.03. The molecular formula is C19H20F3N3O4. The van der Waals surface area contributed by atoms with E-state index in [2.05, 4.69) is 5.32 Å². The lowest BCUT2D eigenvalue weighted by Crippen LogP contribution is -2.35. The smallest absolute Gasteiger partial charge is 0.414 e. The first-order chi connectivity index (χ1) is 13.8. The fourth-order valence-corrected chi connectivity index (χ4v) is 4.36. The zero-order chi connectivity index (χ0) is 20.9. The lowest BCUT2D eigenvalue weighted by molar-refractivity contribution is -0.142. The molecular weight excluding hydrogens is 391 g/mol.